The second-order valence-electron chi connectivity index (χ2n) is 5.95. The molecule has 122 valence electrons. The Kier molecular flexibility index (Phi) is 8.35. The van der Waals surface area contributed by atoms with Gasteiger partial charge in [-0.05, 0) is 25.8 Å². The van der Waals surface area contributed by atoms with Crippen molar-refractivity contribution < 1.29 is 9.59 Å². The summed E-state index contributed by atoms with van der Waals surface area (Å²) in [4.78, 5) is 26.2. The van der Waals surface area contributed by atoms with Crippen LogP contribution in [0.4, 0.5) is 0 Å². The van der Waals surface area contributed by atoms with Gasteiger partial charge >= 0.3 is 0 Å². The van der Waals surface area contributed by atoms with E-state index in [0.29, 0.717) is 13.1 Å². The Bertz CT molecular complexity index is 325. The SMILES string of the molecule is CCCCNC(=O)C1CCN(C(=O)C(C)CNCC)CC1. The Morgan fingerprint density at radius 1 is 1.24 bits per heavy atom. The molecule has 1 unspecified atom stereocenters. The highest BCUT2D eigenvalue weighted by Crippen LogP contribution is 2.19. The predicted octanol–water partition coefficient (Wildman–Crippen LogP) is 1.39. The molecule has 0 radical (unpaired) electrons. The van der Waals surface area contributed by atoms with Crippen LogP contribution in [0.3, 0.4) is 0 Å². The van der Waals surface area contributed by atoms with Gasteiger partial charge in [0.25, 0.3) is 0 Å². The molecule has 0 bridgehead atoms. The van der Waals surface area contributed by atoms with Crippen molar-refractivity contribution in [2.75, 3.05) is 32.7 Å². The van der Waals surface area contributed by atoms with Gasteiger partial charge in [-0.3, -0.25) is 9.59 Å². The Balaban J connectivity index is 2.31. The average Bonchev–Trinajstić information content (AvgIpc) is 2.52. The Labute approximate surface area is 128 Å². The minimum Gasteiger partial charge on any atom is -0.356 e. The largest absolute Gasteiger partial charge is 0.356 e. The minimum atomic E-state index is 0.0138. The van der Waals surface area contributed by atoms with Gasteiger partial charge in [-0.15, -0.1) is 0 Å². The molecule has 1 saturated heterocycles. The lowest BCUT2D eigenvalue weighted by Gasteiger charge is -2.33. The molecule has 1 rings (SSSR count). The van der Waals surface area contributed by atoms with Gasteiger partial charge in [0.1, 0.15) is 0 Å². The number of hydrogen-bond donors (Lipinski definition) is 2. The standard InChI is InChI=1S/C16H31N3O2/c1-4-6-9-18-15(20)14-7-10-19(11-8-14)16(21)13(3)12-17-5-2/h13-14,17H,4-12H2,1-3H3,(H,18,20). The van der Waals surface area contributed by atoms with Crippen LogP contribution in [0.2, 0.25) is 0 Å². The number of unbranched alkanes of at least 4 members (excludes halogenated alkanes) is 1. The summed E-state index contributed by atoms with van der Waals surface area (Å²) in [6.45, 7) is 9.93. The molecule has 0 saturated carbocycles. The molecule has 2 amide bonds. The van der Waals surface area contributed by atoms with Crippen molar-refractivity contribution in [3.63, 3.8) is 0 Å². The van der Waals surface area contributed by atoms with Crippen LogP contribution in [0.1, 0.15) is 46.5 Å². The number of carbonyl (C=O) groups excluding carboxylic acids is 2. The maximum atomic E-state index is 12.3. The molecule has 2 N–H and O–H groups in total. The number of carbonyl (C=O) groups is 2. The summed E-state index contributed by atoms with van der Waals surface area (Å²) in [6, 6.07) is 0. The lowest BCUT2D eigenvalue weighted by Crippen LogP contribution is -2.46. The topological polar surface area (TPSA) is 61.4 Å². The van der Waals surface area contributed by atoms with E-state index >= 15 is 0 Å². The molecule has 0 aromatic rings. The van der Waals surface area contributed by atoms with E-state index in [1.807, 2.05) is 18.7 Å². The first-order valence-electron chi connectivity index (χ1n) is 8.37. The molecule has 1 fully saturated rings. The fourth-order valence-electron chi connectivity index (χ4n) is 2.65. The highest BCUT2D eigenvalue weighted by molar-refractivity contribution is 5.81. The number of nitrogens with zero attached hydrogens (tertiary/aromatic N) is 1. The molecule has 0 spiro atoms. The van der Waals surface area contributed by atoms with Gasteiger partial charge in [0.05, 0.1) is 0 Å². The van der Waals surface area contributed by atoms with Crippen LogP contribution in [-0.4, -0.2) is 49.4 Å². The highest BCUT2D eigenvalue weighted by atomic mass is 16.2. The molecule has 1 aliphatic heterocycles. The van der Waals surface area contributed by atoms with Crippen molar-refractivity contribution in [1.29, 1.82) is 0 Å². The first-order valence-corrected chi connectivity index (χ1v) is 8.37. The van der Waals surface area contributed by atoms with E-state index in [4.69, 9.17) is 0 Å². The summed E-state index contributed by atoms with van der Waals surface area (Å²) < 4.78 is 0. The van der Waals surface area contributed by atoms with Crippen molar-refractivity contribution in [1.82, 2.24) is 15.5 Å². The fraction of sp³-hybridized carbons (Fsp3) is 0.875. The van der Waals surface area contributed by atoms with Crippen LogP contribution >= 0.6 is 0 Å². The lowest BCUT2D eigenvalue weighted by molar-refractivity contribution is -0.138. The third-order valence-corrected chi connectivity index (χ3v) is 4.13. The van der Waals surface area contributed by atoms with E-state index in [2.05, 4.69) is 17.6 Å². The van der Waals surface area contributed by atoms with Crippen molar-refractivity contribution in [2.24, 2.45) is 11.8 Å². The van der Waals surface area contributed by atoms with Gasteiger partial charge in [0.2, 0.25) is 11.8 Å². The molecule has 1 aliphatic rings. The first kappa shape index (κ1) is 18.0. The monoisotopic (exact) mass is 297 g/mol. The maximum Gasteiger partial charge on any atom is 0.226 e. The summed E-state index contributed by atoms with van der Waals surface area (Å²) in [6.07, 6.45) is 3.71. The molecule has 5 nitrogen and oxygen atoms in total. The molecule has 5 heteroatoms. The summed E-state index contributed by atoms with van der Waals surface area (Å²) in [5.41, 5.74) is 0. The van der Waals surface area contributed by atoms with Crippen molar-refractivity contribution in [3.05, 3.63) is 0 Å². The van der Waals surface area contributed by atoms with E-state index in [1.165, 1.54) is 0 Å². The number of likely N-dealkylation sites (tertiary alicyclic amines) is 1. The number of nitrogens with one attached hydrogen (secondary N) is 2. The maximum absolute atomic E-state index is 12.3. The molecule has 0 aliphatic carbocycles. The Morgan fingerprint density at radius 3 is 2.48 bits per heavy atom. The van der Waals surface area contributed by atoms with Crippen LogP contribution in [-0.2, 0) is 9.59 Å². The van der Waals surface area contributed by atoms with Crippen molar-refractivity contribution in [3.8, 4) is 0 Å². The normalized spacial score (nSPS) is 17.6. The Hall–Kier alpha value is -1.10. The minimum absolute atomic E-state index is 0.0138. The van der Waals surface area contributed by atoms with Gasteiger partial charge in [-0.1, -0.05) is 27.2 Å². The fourth-order valence-corrected chi connectivity index (χ4v) is 2.65. The number of rotatable bonds is 8. The van der Waals surface area contributed by atoms with Gasteiger partial charge in [0.15, 0.2) is 0 Å². The second kappa shape index (κ2) is 9.77. The average molecular weight is 297 g/mol. The number of hydrogen-bond acceptors (Lipinski definition) is 3. The molecular formula is C16H31N3O2. The van der Waals surface area contributed by atoms with E-state index in [-0.39, 0.29) is 23.7 Å². The zero-order chi connectivity index (χ0) is 15.7. The first-order chi connectivity index (χ1) is 10.1. The lowest BCUT2D eigenvalue weighted by atomic mass is 9.95. The zero-order valence-corrected chi connectivity index (χ0v) is 13.8. The van der Waals surface area contributed by atoms with Crippen molar-refractivity contribution in [2.45, 2.75) is 46.5 Å². The van der Waals surface area contributed by atoms with Gasteiger partial charge in [-0.2, -0.15) is 0 Å². The highest BCUT2D eigenvalue weighted by Gasteiger charge is 2.28. The second-order valence-corrected chi connectivity index (χ2v) is 5.95. The molecular weight excluding hydrogens is 266 g/mol. The summed E-state index contributed by atoms with van der Waals surface area (Å²) >= 11 is 0. The molecule has 0 aromatic carbocycles. The van der Waals surface area contributed by atoms with E-state index in [1.54, 1.807) is 0 Å². The summed E-state index contributed by atoms with van der Waals surface area (Å²) in [7, 11) is 0. The van der Waals surface area contributed by atoms with Crippen LogP contribution in [0.5, 0.6) is 0 Å². The smallest absolute Gasteiger partial charge is 0.226 e. The molecule has 1 atom stereocenters. The van der Waals surface area contributed by atoms with Crippen LogP contribution in [0, 0.1) is 11.8 Å². The third-order valence-electron chi connectivity index (χ3n) is 4.13. The predicted molar refractivity (Wildman–Crippen MR) is 84.9 cm³/mol. The molecule has 0 aromatic heterocycles. The zero-order valence-electron chi connectivity index (χ0n) is 13.8. The van der Waals surface area contributed by atoms with Gasteiger partial charge in [0, 0.05) is 38.0 Å². The van der Waals surface area contributed by atoms with Gasteiger partial charge < -0.3 is 15.5 Å². The van der Waals surface area contributed by atoms with Crippen LogP contribution in [0.15, 0.2) is 0 Å². The van der Waals surface area contributed by atoms with E-state index in [9.17, 15) is 9.59 Å². The Morgan fingerprint density at radius 2 is 1.90 bits per heavy atom. The number of amides is 2. The van der Waals surface area contributed by atoms with E-state index < -0.39 is 0 Å². The van der Waals surface area contributed by atoms with Crippen molar-refractivity contribution >= 4 is 11.8 Å². The van der Waals surface area contributed by atoms with Gasteiger partial charge in [-0.25, -0.2) is 0 Å². The summed E-state index contributed by atoms with van der Waals surface area (Å²) in [5.74, 6) is 0.465. The van der Waals surface area contributed by atoms with E-state index in [0.717, 1.165) is 45.3 Å². The molecule has 21 heavy (non-hydrogen) atoms. The van der Waals surface area contributed by atoms with Crippen LogP contribution < -0.4 is 10.6 Å². The quantitative estimate of drug-likeness (QED) is 0.666. The summed E-state index contributed by atoms with van der Waals surface area (Å²) in [5, 5.41) is 6.21. The third kappa shape index (κ3) is 6.04. The molecule has 1 heterocycles. The van der Waals surface area contributed by atoms with Crippen LogP contribution in [0.25, 0.3) is 0 Å². The number of piperidine rings is 1.